The molecule has 1 aliphatic heterocycles. The fourth-order valence-electron chi connectivity index (χ4n) is 3.16. The Hall–Kier alpha value is -4.08. The Labute approximate surface area is 198 Å². The van der Waals surface area contributed by atoms with Gasteiger partial charge in [0.2, 0.25) is 5.96 Å². The molecule has 0 aliphatic carbocycles. The van der Waals surface area contributed by atoms with Crippen molar-refractivity contribution in [3.05, 3.63) is 65.7 Å². The number of aliphatic carboxylic acids is 1. The monoisotopic (exact) mass is 467 g/mol. The molecule has 0 spiro atoms. The third kappa shape index (κ3) is 8.45. The highest BCUT2D eigenvalue weighted by Crippen LogP contribution is 2.15. The van der Waals surface area contributed by atoms with Crippen LogP contribution in [-0.4, -0.2) is 54.6 Å². The summed E-state index contributed by atoms with van der Waals surface area (Å²) in [6, 6.07) is 15.5. The number of carbonyl (C=O) groups excluding carboxylic acids is 1. The van der Waals surface area contributed by atoms with Gasteiger partial charge in [-0.1, -0.05) is 42.5 Å². The second-order valence-corrected chi connectivity index (χ2v) is 7.67. The van der Waals surface area contributed by atoms with Crippen molar-refractivity contribution < 1.29 is 24.2 Å². The first-order valence-corrected chi connectivity index (χ1v) is 11.0. The Morgan fingerprint density at radius 3 is 2.71 bits per heavy atom. The summed E-state index contributed by atoms with van der Waals surface area (Å²) in [4.78, 5) is 27.7. The fraction of sp³-hybridized carbons (Fsp3) is 0.333. The van der Waals surface area contributed by atoms with Crippen LogP contribution in [0.25, 0.3) is 0 Å². The number of hydrazone groups is 1. The molecule has 10 heteroatoms. The van der Waals surface area contributed by atoms with Crippen LogP contribution < -0.4 is 20.8 Å². The molecule has 0 radical (unpaired) electrons. The van der Waals surface area contributed by atoms with Crippen LogP contribution >= 0.6 is 0 Å². The van der Waals surface area contributed by atoms with E-state index in [2.05, 4.69) is 26.2 Å². The third-order valence-electron chi connectivity index (χ3n) is 4.86. The van der Waals surface area contributed by atoms with Crippen molar-refractivity contribution in [2.45, 2.75) is 32.4 Å². The van der Waals surface area contributed by atoms with Gasteiger partial charge in [0.15, 0.2) is 0 Å². The van der Waals surface area contributed by atoms with E-state index in [-0.39, 0.29) is 19.6 Å². The van der Waals surface area contributed by atoms with Crippen molar-refractivity contribution >= 4 is 23.7 Å². The van der Waals surface area contributed by atoms with Crippen LogP contribution in [0.15, 0.2) is 64.7 Å². The zero-order chi connectivity index (χ0) is 24.2. The molecule has 0 saturated heterocycles. The average Bonchev–Trinajstić information content (AvgIpc) is 3.35. The fourth-order valence-corrected chi connectivity index (χ4v) is 3.16. The minimum atomic E-state index is -1.16. The second-order valence-electron chi connectivity index (χ2n) is 7.67. The van der Waals surface area contributed by atoms with E-state index >= 15 is 0 Å². The quantitative estimate of drug-likeness (QED) is 0.294. The van der Waals surface area contributed by atoms with Gasteiger partial charge in [-0.15, -0.1) is 0 Å². The number of nitrogens with one attached hydrogen (secondary N) is 3. The Bertz CT molecular complexity index is 1030. The molecular formula is C24H29N5O5. The van der Waals surface area contributed by atoms with Crippen molar-refractivity contribution in [3.63, 3.8) is 0 Å². The minimum absolute atomic E-state index is 0.0607. The lowest BCUT2D eigenvalue weighted by molar-refractivity contribution is -0.139. The summed E-state index contributed by atoms with van der Waals surface area (Å²) in [5, 5.41) is 19.2. The number of guanidine groups is 1. The lowest BCUT2D eigenvalue weighted by atomic mass is 10.1. The van der Waals surface area contributed by atoms with Crippen molar-refractivity contribution in [2.24, 2.45) is 10.1 Å². The lowest BCUT2D eigenvalue weighted by Crippen LogP contribution is -2.42. The molecule has 4 N–H and O–H groups in total. The number of ether oxygens (including phenoxy) is 2. The number of carbonyl (C=O) groups is 2. The summed E-state index contributed by atoms with van der Waals surface area (Å²) in [7, 11) is 0. The Kier molecular flexibility index (Phi) is 9.27. The van der Waals surface area contributed by atoms with Crippen molar-refractivity contribution in [2.75, 3.05) is 19.7 Å². The highest BCUT2D eigenvalue weighted by atomic mass is 16.5. The zero-order valence-corrected chi connectivity index (χ0v) is 19.0. The van der Waals surface area contributed by atoms with E-state index in [0.29, 0.717) is 18.1 Å². The van der Waals surface area contributed by atoms with Crippen LogP contribution in [-0.2, 0) is 22.6 Å². The molecular weight excluding hydrogens is 438 g/mol. The number of nitrogens with zero attached hydrogens (tertiary/aromatic N) is 2. The van der Waals surface area contributed by atoms with Gasteiger partial charge < -0.3 is 25.2 Å². The maximum Gasteiger partial charge on any atom is 0.408 e. The molecule has 180 valence electrons. The predicted molar refractivity (Wildman–Crippen MR) is 128 cm³/mol. The molecule has 1 amide bonds. The Balaban J connectivity index is 1.43. The smallest absolute Gasteiger partial charge is 0.408 e. The van der Waals surface area contributed by atoms with Crippen molar-refractivity contribution in [1.29, 1.82) is 0 Å². The van der Waals surface area contributed by atoms with E-state index in [9.17, 15) is 14.7 Å². The number of carboxylic acid groups (broad SMARTS) is 1. The summed E-state index contributed by atoms with van der Waals surface area (Å²) in [5.74, 6) is 0.118. The van der Waals surface area contributed by atoms with Gasteiger partial charge in [-0.2, -0.15) is 5.10 Å². The summed E-state index contributed by atoms with van der Waals surface area (Å²) in [6.45, 7) is 3.63. The van der Waals surface area contributed by atoms with Crippen LogP contribution in [0, 0.1) is 0 Å². The molecule has 0 fully saturated rings. The van der Waals surface area contributed by atoms with Crippen LogP contribution in [0.5, 0.6) is 5.75 Å². The largest absolute Gasteiger partial charge is 0.493 e. The van der Waals surface area contributed by atoms with E-state index in [0.717, 1.165) is 29.9 Å². The first-order chi connectivity index (χ1) is 16.5. The van der Waals surface area contributed by atoms with Gasteiger partial charge in [-0.05, 0) is 30.2 Å². The molecule has 3 rings (SSSR count). The number of alkyl carbamates (subject to hydrolysis) is 1. The van der Waals surface area contributed by atoms with Crippen molar-refractivity contribution in [3.8, 4) is 5.75 Å². The molecule has 1 heterocycles. The minimum Gasteiger partial charge on any atom is -0.493 e. The predicted octanol–water partition coefficient (Wildman–Crippen LogP) is 2.30. The first kappa shape index (κ1) is 24.6. The maximum atomic E-state index is 12.0. The topological polar surface area (TPSA) is 134 Å². The number of amides is 1. The summed E-state index contributed by atoms with van der Waals surface area (Å²) in [5.41, 5.74) is 5.59. The van der Waals surface area contributed by atoms with Gasteiger partial charge in [-0.25, -0.2) is 20.0 Å². The van der Waals surface area contributed by atoms with Gasteiger partial charge in [0.25, 0.3) is 0 Å². The van der Waals surface area contributed by atoms with Crippen molar-refractivity contribution in [1.82, 2.24) is 16.1 Å². The Morgan fingerprint density at radius 1 is 1.18 bits per heavy atom. The van der Waals surface area contributed by atoms with E-state index in [1.165, 1.54) is 0 Å². The number of benzene rings is 2. The molecule has 0 aromatic heterocycles. The average molecular weight is 468 g/mol. The summed E-state index contributed by atoms with van der Waals surface area (Å²) in [6.07, 6.45) is -0.0933. The lowest BCUT2D eigenvalue weighted by Gasteiger charge is -2.15. The number of hydrogen-bond donors (Lipinski definition) is 4. The van der Waals surface area contributed by atoms with Gasteiger partial charge >= 0.3 is 12.1 Å². The molecule has 0 saturated carbocycles. The molecule has 2 aromatic carbocycles. The highest BCUT2D eigenvalue weighted by molar-refractivity contribution is 5.87. The van der Waals surface area contributed by atoms with Crippen LogP contribution in [0.1, 0.15) is 24.5 Å². The molecule has 0 bridgehead atoms. The number of rotatable bonds is 11. The Morgan fingerprint density at radius 2 is 1.97 bits per heavy atom. The van der Waals surface area contributed by atoms with E-state index in [4.69, 9.17) is 9.47 Å². The maximum absolute atomic E-state index is 12.0. The summed E-state index contributed by atoms with van der Waals surface area (Å²) >= 11 is 0. The van der Waals surface area contributed by atoms with Crippen LogP contribution in [0.3, 0.4) is 0 Å². The number of hydrogen-bond acceptors (Lipinski definition) is 8. The molecule has 34 heavy (non-hydrogen) atoms. The standard InChI is InChI=1S/C24H29N5O5/c1-17(28-29-23-25-11-12-26-23)14-19-8-5-9-20(15-19)33-13-10-21(22(30)31)27-24(32)34-16-18-6-3-2-4-7-18/h2-9,15,21H,10-14,16H2,1H3,(H,27,32)(H,30,31)(H2,25,26,29)/t21-/m0/s1. The van der Waals surface area contributed by atoms with Gasteiger partial charge in [-0.3, -0.25) is 0 Å². The molecule has 1 aliphatic rings. The van der Waals surface area contributed by atoms with Gasteiger partial charge in [0.05, 0.1) is 13.2 Å². The van der Waals surface area contributed by atoms with E-state index in [1.807, 2.05) is 55.5 Å². The van der Waals surface area contributed by atoms with Crippen LogP contribution in [0.2, 0.25) is 0 Å². The molecule has 10 nitrogen and oxygen atoms in total. The second kappa shape index (κ2) is 12.8. The number of carboxylic acids is 1. The molecule has 2 aromatic rings. The van der Waals surface area contributed by atoms with E-state index < -0.39 is 18.1 Å². The normalized spacial score (nSPS) is 13.9. The SMILES string of the molecule is CC(Cc1cccc(OCC[C@H](NC(=O)OCc2ccccc2)C(=O)O)c1)=NNC1=NCCN1. The summed E-state index contributed by atoms with van der Waals surface area (Å²) < 4.78 is 10.8. The highest BCUT2D eigenvalue weighted by Gasteiger charge is 2.20. The van der Waals surface area contributed by atoms with Gasteiger partial charge in [0, 0.05) is 25.1 Å². The molecule has 1 atom stereocenters. The van der Waals surface area contributed by atoms with E-state index in [1.54, 1.807) is 6.07 Å². The first-order valence-electron chi connectivity index (χ1n) is 11.0. The zero-order valence-electron chi connectivity index (χ0n) is 19.0. The third-order valence-corrected chi connectivity index (χ3v) is 4.86. The van der Waals surface area contributed by atoms with Crippen LogP contribution in [0.4, 0.5) is 4.79 Å². The number of aliphatic imine (C=N–C) groups is 1. The van der Waals surface area contributed by atoms with Gasteiger partial charge in [0.1, 0.15) is 18.4 Å². The molecule has 0 unspecified atom stereocenters.